The maximum atomic E-state index is 3.64. The van der Waals surface area contributed by atoms with Gasteiger partial charge in [-0.15, -0.1) is 24.0 Å². The maximum Gasteiger partial charge on any atom is 2.00 e. The van der Waals surface area contributed by atoms with Crippen LogP contribution >= 0.6 is 24.0 Å². The van der Waals surface area contributed by atoms with E-state index < -0.39 is 0 Å². The Labute approximate surface area is 122 Å². The van der Waals surface area contributed by atoms with Gasteiger partial charge >= 0.3 is 23.1 Å². The molecule has 1 rings (SSSR count). The van der Waals surface area contributed by atoms with Gasteiger partial charge in [0.15, 0.2) is 0 Å². The van der Waals surface area contributed by atoms with Gasteiger partial charge in [0.05, 0.1) is 0 Å². The summed E-state index contributed by atoms with van der Waals surface area (Å²) in [5.41, 5.74) is 1.38. The van der Waals surface area contributed by atoms with E-state index in [1.807, 2.05) is 12.1 Å². The van der Waals surface area contributed by atoms with E-state index in [-0.39, 0.29) is 47.0 Å². The van der Waals surface area contributed by atoms with Crippen LogP contribution in [0.2, 0.25) is 0 Å². The van der Waals surface area contributed by atoms with E-state index >= 15 is 0 Å². The van der Waals surface area contributed by atoms with E-state index in [0.717, 1.165) is 6.42 Å². The van der Waals surface area contributed by atoms with Gasteiger partial charge in [-0.05, 0) is 0 Å². The maximum absolute atomic E-state index is 3.64. The molecule has 0 saturated heterocycles. The fraction of sp³-hybridized carbons (Fsp3) is 0.417. The molecule has 76 valence electrons. The van der Waals surface area contributed by atoms with Crippen LogP contribution in [0.25, 0.3) is 0 Å². The van der Waals surface area contributed by atoms with E-state index in [4.69, 9.17) is 0 Å². The molecular weight excluding hydrogens is 295 g/mol. The molecule has 0 atom stereocenters. The van der Waals surface area contributed by atoms with Gasteiger partial charge in [0.25, 0.3) is 0 Å². The molecule has 1 aromatic carbocycles. The Kier molecular flexibility index (Phi) is 19.8. The number of halogens is 1. The Balaban J connectivity index is -0.000000180. The fourth-order valence-electron chi connectivity index (χ4n) is 0.657. The first kappa shape index (κ1) is 20.2. The third-order valence-electron chi connectivity index (χ3n) is 1.20. The second-order valence-electron chi connectivity index (χ2n) is 3.16. The summed E-state index contributed by atoms with van der Waals surface area (Å²) in [6.07, 6.45) is 1.12. The quantitative estimate of drug-likeness (QED) is 0.421. The minimum Gasteiger partial charge on any atom is -0.341 e. The molecule has 0 aliphatic heterocycles. The van der Waals surface area contributed by atoms with Gasteiger partial charge in [0, 0.05) is 0 Å². The minimum absolute atomic E-state index is 0. The predicted octanol–water partition coefficient (Wildman–Crippen LogP) is 3.76. The molecule has 0 amide bonds. The van der Waals surface area contributed by atoms with Crippen LogP contribution in [0.15, 0.2) is 24.3 Å². The molecule has 2 heteroatoms. The van der Waals surface area contributed by atoms with Crippen molar-refractivity contribution in [3.05, 3.63) is 42.8 Å². The first-order valence-electron chi connectivity index (χ1n) is 4.44. The largest absolute Gasteiger partial charge is 2.00 e. The van der Waals surface area contributed by atoms with Crippen molar-refractivity contribution in [1.29, 1.82) is 0 Å². The van der Waals surface area contributed by atoms with Crippen LogP contribution in [0.5, 0.6) is 0 Å². The fourth-order valence-corrected chi connectivity index (χ4v) is 0.657. The second-order valence-corrected chi connectivity index (χ2v) is 3.16. The summed E-state index contributed by atoms with van der Waals surface area (Å²) in [4.78, 5) is 0. The van der Waals surface area contributed by atoms with Gasteiger partial charge in [0.2, 0.25) is 0 Å². The number of hydrogen-bond donors (Lipinski definition) is 0. The molecule has 0 aliphatic carbocycles. The molecule has 0 saturated carbocycles. The summed E-state index contributed by atoms with van der Waals surface area (Å²) < 4.78 is 0. The van der Waals surface area contributed by atoms with Crippen molar-refractivity contribution in [2.75, 3.05) is 0 Å². The first-order valence-corrected chi connectivity index (χ1v) is 4.44. The third kappa shape index (κ3) is 15.2. The van der Waals surface area contributed by atoms with Gasteiger partial charge in [-0.3, -0.25) is 0 Å². The van der Waals surface area contributed by atoms with Gasteiger partial charge in [0.1, 0.15) is 0 Å². The monoisotopic (exact) mass is 314 g/mol. The normalized spacial score (nSPS) is 7.79. The number of rotatable bonds is 1. The molecule has 0 nitrogen and oxygen atoms in total. The van der Waals surface area contributed by atoms with Crippen molar-refractivity contribution in [3.63, 3.8) is 0 Å². The molecule has 1 aromatic rings. The third-order valence-corrected chi connectivity index (χ3v) is 1.20. The number of aryl methyl sites for hydroxylation is 1. The van der Waals surface area contributed by atoms with Crippen LogP contribution in [0, 0.1) is 18.9 Å². The van der Waals surface area contributed by atoms with E-state index in [9.17, 15) is 0 Å². The Morgan fingerprint density at radius 1 is 1.29 bits per heavy atom. The van der Waals surface area contributed by atoms with Crippen LogP contribution in [-0.4, -0.2) is 23.1 Å². The molecular formula is C12H19IMg. The van der Waals surface area contributed by atoms with Crippen molar-refractivity contribution < 1.29 is 0 Å². The molecule has 0 spiro atoms. The zero-order chi connectivity index (χ0) is 9.40. The van der Waals surface area contributed by atoms with Gasteiger partial charge in [-0.25, -0.2) is 0 Å². The van der Waals surface area contributed by atoms with Crippen molar-refractivity contribution >= 4 is 47.0 Å². The van der Waals surface area contributed by atoms with Gasteiger partial charge < -0.3 is 6.92 Å². The Hall–Kier alpha value is 0.716. The topological polar surface area (TPSA) is 0 Å². The zero-order valence-electron chi connectivity index (χ0n) is 9.42. The van der Waals surface area contributed by atoms with Crippen LogP contribution in [0.4, 0.5) is 0 Å². The predicted molar refractivity (Wildman–Crippen MR) is 76.0 cm³/mol. The van der Waals surface area contributed by atoms with Crippen molar-refractivity contribution in [2.45, 2.75) is 27.2 Å². The number of hydrogen-bond acceptors (Lipinski definition) is 0. The second kappa shape index (κ2) is 13.7. The van der Waals surface area contributed by atoms with E-state index in [2.05, 4.69) is 45.9 Å². The Morgan fingerprint density at radius 3 is 1.86 bits per heavy atom. The molecule has 0 aromatic heterocycles. The standard InChI is InChI=1S/C8H9.C4H9.HI.Mg/c1-2-8-6-4-3-5-7-8;1-4(2)3;;/h4-7H,2H2,1H3;4H,1H2,2-3H3;1H;/q2*-1;;+2. The molecule has 0 fully saturated rings. The van der Waals surface area contributed by atoms with Crippen molar-refractivity contribution in [3.8, 4) is 0 Å². The number of benzene rings is 1. The molecule has 14 heavy (non-hydrogen) atoms. The molecule has 0 unspecified atom stereocenters. The Bertz CT molecular complexity index is 182. The molecule has 0 N–H and O–H groups in total. The molecule has 0 heterocycles. The van der Waals surface area contributed by atoms with Gasteiger partial charge in [-0.1, -0.05) is 27.2 Å². The molecule has 0 aliphatic rings. The molecule has 0 radical (unpaired) electrons. The average Bonchev–Trinajstić information content (AvgIpc) is 2.05. The first-order chi connectivity index (χ1) is 5.66. The summed E-state index contributed by atoms with van der Waals surface area (Å²) in [7, 11) is 0. The summed E-state index contributed by atoms with van der Waals surface area (Å²) in [5, 5.41) is 0. The average molecular weight is 314 g/mol. The van der Waals surface area contributed by atoms with E-state index in [1.54, 1.807) is 0 Å². The summed E-state index contributed by atoms with van der Waals surface area (Å²) in [6, 6.07) is 11.0. The Morgan fingerprint density at radius 2 is 1.64 bits per heavy atom. The summed E-state index contributed by atoms with van der Waals surface area (Å²) >= 11 is 0. The van der Waals surface area contributed by atoms with E-state index in [1.165, 1.54) is 5.56 Å². The van der Waals surface area contributed by atoms with Crippen LogP contribution in [0.3, 0.4) is 0 Å². The van der Waals surface area contributed by atoms with E-state index in [0.29, 0.717) is 5.92 Å². The molecule has 0 bridgehead atoms. The summed E-state index contributed by atoms with van der Waals surface area (Å²) in [6.45, 7) is 9.90. The van der Waals surface area contributed by atoms with Crippen LogP contribution in [0.1, 0.15) is 26.3 Å². The SMILES string of the molecule is CCc1cc[c-]cc1.I.[CH2-]C(C)C.[Mg+2]. The minimum atomic E-state index is 0. The van der Waals surface area contributed by atoms with Crippen molar-refractivity contribution in [1.82, 2.24) is 0 Å². The van der Waals surface area contributed by atoms with Crippen LogP contribution < -0.4 is 0 Å². The smallest absolute Gasteiger partial charge is 0.341 e. The van der Waals surface area contributed by atoms with Crippen LogP contribution in [-0.2, 0) is 6.42 Å². The van der Waals surface area contributed by atoms with Gasteiger partial charge in [-0.2, -0.15) is 41.8 Å². The zero-order valence-corrected chi connectivity index (χ0v) is 13.2. The van der Waals surface area contributed by atoms with Crippen molar-refractivity contribution in [2.24, 2.45) is 5.92 Å². The summed E-state index contributed by atoms with van der Waals surface area (Å²) in [5.74, 6) is 0.583.